The van der Waals surface area contributed by atoms with Crippen LogP contribution >= 0.6 is 0 Å². The summed E-state index contributed by atoms with van der Waals surface area (Å²) in [6, 6.07) is 11.3. The number of hydrogen-bond donors (Lipinski definition) is 1. The van der Waals surface area contributed by atoms with Crippen LogP contribution in [0.4, 0.5) is 10.5 Å². The van der Waals surface area contributed by atoms with E-state index in [-0.39, 0.29) is 6.03 Å². The third-order valence-electron chi connectivity index (χ3n) is 5.54. The Balaban J connectivity index is 1.29. The molecule has 0 bridgehead atoms. The first-order valence-corrected chi connectivity index (χ1v) is 10.4. The number of rotatable bonds is 6. The predicted octanol–water partition coefficient (Wildman–Crippen LogP) is 2.85. The van der Waals surface area contributed by atoms with Gasteiger partial charge in [0, 0.05) is 57.6 Å². The van der Waals surface area contributed by atoms with E-state index in [1.54, 1.807) is 7.11 Å². The van der Waals surface area contributed by atoms with Crippen molar-refractivity contribution >= 4 is 22.9 Å². The number of aryl methyl sites for hydroxylation is 1. The van der Waals surface area contributed by atoms with Crippen LogP contribution in [0.2, 0.25) is 0 Å². The number of carbonyl (C=O) groups is 1. The summed E-state index contributed by atoms with van der Waals surface area (Å²) in [5, 5.41) is 2.96. The van der Waals surface area contributed by atoms with Gasteiger partial charge in [-0.05, 0) is 36.4 Å². The third-order valence-corrected chi connectivity index (χ3v) is 5.54. The zero-order valence-corrected chi connectivity index (χ0v) is 17.5. The van der Waals surface area contributed by atoms with Gasteiger partial charge in [0.1, 0.15) is 17.1 Å². The zero-order valence-electron chi connectivity index (χ0n) is 17.5. The van der Waals surface area contributed by atoms with Crippen LogP contribution in [-0.2, 0) is 13.0 Å². The second-order valence-electron chi connectivity index (χ2n) is 7.37. The van der Waals surface area contributed by atoms with Gasteiger partial charge in [0.05, 0.1) is 7.11 Å². The number of hydrogen-bond acceptors (Lipinski definition) is 5. The number of piperazine rings is 1. The van der Waals surface area contributed by atoms with Crippen molar-refractivity contribution in [1.29, 1.82) is 0 Å². The zero-order chi connectivity index (χ0) is 20.9. The van der Waals surface area contributed by atoms with Gasteiger partial charge in [0.25, 0.3) is 0 Å². The summed E-state index contributed by atoms with van der Waals surface area (Å²) >= 11 is 0. The van der Waals surface area contributed by atoms with Gasteiger partial charge in [-0.25, -0.2) is 14.8 Å². The standard InChI is InChI=1S/C22H28N6O2/c1-3-20-25-19-5-4-10-23-21(19)28(20)16-13-26-11-14-27(15-12-26)22(29)24-17-6-8-18(30-2)9-7-17/h4-10H,3,11-16H2,1-2H3,(H,24,29). The van der Waals surface area contributed by atoms with Crippen molar-refractivity contribution in [2.24, 2.45) is 0 Å². The third kappa shape index (κ3) is 4.38. The molecule has 0 atom stereocenters. The van der Waals surface area contributed by atoms with Crippen molar-refractivity contribution < 1.29 is 9.53 Å². The SMILES string of the molecule is CCc1nc2cccnc2n1CCN1CCN(C(=O)Nc2ccc(OC)cc2)CC1. The highest BCUT2D eigenvalue weighted by Gasteiger charge is 2.21. The minimum Gasteiger partial charge on any atom is -0.497 e. The Labute approximate surface area is 176 Å². The Kier molecular flexibility index (Phi) is 6.13. The molecule has 2 aromatic heterocycles. The molecule has 3 heterocycles. The van der Waals surface area contributed by atoms with Crippen molar-refractivity contribution in [3.63, 3.8) is 0 Å². The van der Waals surface area contributed by atoms with Crippen LogP contribution in [0, 0.1) is 0 Å². The predicted molar refractivity (Wildman–Crippen MR) is 117 cm³/mol. The molecule has 2 amide bonds. The average Bonchev–Trinajstić information content (AvgIpc) is 3.16. The number of carbonyl (C=O) groups excluding carboxylic acids is 1. The van der Waals surface area contributed by atoms with Gasteiger partial charge in [-0.3, -0.25) is 4.90 Å². The van der Waals surface area contributed by atoms with Crippen molar-refractivity contribution in [2.45, 2.75) is 19.9 Å². The molecule has 1 aliphatic rings. The Bertz CT molecular complexity index is 993. The largest absolute Gasteiger partial charge is 0.497 e. The smallest absolute Gasteiger partial charge is 0.321 e. The number of fused-ring (bicyclic) bond motifs is 1. The molecule has 1 N–H and O–H groups in total. The monoisotopic (exact) mass is 408 g/mol. The van der Waals surface area contributed by atoms with E-state index in [1.807, 2.05) is 47.5 Å². The Morgan fingerprint density at radius 3 is 2.57 bits per heavy atom. The van der Waals surface area contributed by atoms with Crippen LogP contribution in [-0.4, -0.2) is 70.2 Å². The summed E-state index contributed by atoms with van der Waals surface area (Å²) in [4.78, 5) is 26.0. The van der Waals surface area contributed by atoms with Gasteiger partial charge in [-0.1, -0.05) is 6.92 Å². The van der Waals surface area contributed by atoms with Gasteiger partial charge >= 0.3 is 6.03 Å². The molecule has 0 unspecified atom stereocenters. The van der Waals surface area contributed by atoms with E-state index < -0.39 is 0 Å². The molecule has 0 radical (unpaired) electrons. The molecule has 1 fully saturated rings. The van der Waals surface area contributed by atoms with Crippen LogP contribution in [0.3, 0.4) is 0 Å². The molecular weight excluding hydrogens is 380 g/mol. The number of nitrogens with zero attached hydrogens (tertiary/aromatic N) is 5. The summed E-state index contributed by atoms with van der Waals surface area (Å²) in [5.41, 5.74) is 2.68. The minimum atomic E-state index is -0.0575. The van der Waals surface area contributed by atoms with Gasteiger partial charge in [0.2, 0.25) is 0 Å². The molecule has 158 valence electrons. The highest BCUT2D eigenvalue weighted by atomic mass is 16.5. The van der Waals surface area contributed by atoms with Crippen LogP contribution in [0.5, 0.6) is 5.75 Å². The summed E-state index contributed by atoms with van der Waals surface area (Å²) < 4.78 is 7.37. The second kappa shape index (κ2) is 9.13. The van der Waals surface area contributed by atoms with Gasteiger partial charge in [-0.2, -0.15) is 0 Å². The summed E-state index contributed by atoms with van der Waals surface area (Å²) in [5.74, 6) is 1.84. The second-order valence-corrected chi connectivity index (χ2v) is 7.37. The average molecular weight is 409 g/mol. The topological polar surface area (TPSA) is 75.5 Å². The summed E-state index contributed by atoms with van der Waals surface area (Å²) in [6.07, 6.45) is 2.70. The van der Waals surface area contributed by atoms with Crippen molar-refractivity contribution in [2.75, 3.05) is 45.2 Å². The van der Waals surface area contributed by atoms with Crippen molar-refractivity contribution in [3.8, 4) is 5.75 Å². The van der Waals surface area contributed by atoms with E-state index in [0.717, 1.165) is 61.0 Å². The first-order chi connectivity index (χ1) is 14.7. The number of urea groups is 1. The van der Waals surface area contributed by atoms with E-state index in [9.17, 15) is 4.79 Å². The molecule has 0 saturated carbocycles. The molecule has 30 heavy (non-hydrogen) atoms. The van der Waals surface area contributed by atoms with E-state index in [4.69, 9.17) is 9.72 Å². The number of amides is 2. The molecule has 3 aromatic rings. The van der Waals surface area contributed by atoms with Crippen LogP contribution in [0.25, 0.3) is 11.2 Å². The van der Waals surface area contributed by atoms with Crippen molar-refractivity contribution in [1.82, 2.24) is 24.3 Å². The first kappa shape index (κ1) is 20.2. The van der Waals surface area contributed by atoms with Crippen molar-refractivity contribution in [3.05, 3.63) is 48.4 Å². The van der Waals surface area contributed by atoms with Crippen LogP contribution in [0.1, 0.15) is 12.7 Å². The molecular formula is C22H28N6O2. The molecule has 8 heteroatoms. The number of ether oxygens (including phenoxy) is 1. The van der Waals surface area contributed by atoms with Crippen LogP contribution < -0.4 is 10.1 Å². The fourth-order valence-corrected chi connectivity index (χ4v) is 3.80. The number of benzene rings is 1. The lowest BCUT2D eigenvalue weighted by Crippen LogP contribution is -2.50. The van der Waals surface area contributed by atoms with E-state index in [1.165, 1.54) is 0 Å². The van der Waals surface area contributed by atoms with E-state index in [0.29, 0.717) is 13.1 Å². The number of imidazole rings is 1. The fourth-order valence-electron chi connectivity index (χ4n) is 3.80. The van der Waals surface area contributed by atoms with Gasteiger partial charge in [0.15, 0.2) is 5.65 Å². The lowest BCUT2D eigenvalue weighted by Gasteiger charge is -2.34. The molecule has 1 aliphatic heterocycles. The summed E-state index contributed by atoms with van der Waals surface area (Å²) in [6.45, 7) is 7.04. The highest BCUT2D eigenvalue weighted by Crippen LogP contribution is 2.17. The first-order valence-electron chi connectivity index (χ1n) is 10.4. The maximum atomic E-state index is 12.5. The van der Waals surface area contributed by atoms with Crippen LogP contribution in [0.15, 0.2) is 42.6 Å². The highest BCUT2D eigenvalue weighted by molar-refractivity contribution is 5.89. The maximum absolute atomic E-state index is 12.5. The molecule has 4 rings (SSSR count). The lowest BCUT2D eigenvalue weighted by atomic mass is 10.3. The number of aromatic nitrogens is 3. The van der Waals surface area contributed by atoms with E-state index >= 15 is 0 Å². The normalized spacial score (nSPS) is 14.8. The van der Waals surface area contributed by atoms with Gasteiger partial charge < -0.3 is 19.5 Å². The molecule has 0 spiro atoms. The fraction of sp³-hybridized carbons (Fsp3) is 0.409. The number of pyridine rings is 1. The van der Waals surface area contributed by atoms with Gasteiger partial charge in [-0.15, -0.1) is 0 Å². The number of methoxy groups -OCH3 is 1. The Morgan fingerprint density at radius 1 is 1.10 bits per heavy atom. The Morgan fingerprint density at radius 2 is 1.87 bits per heavy atom. The number of anilines is 1. The minimum absolute atomic E-state index is 0.0575. The summed E-state index contributed by atoms with van der Waals surface area (Å²) in [7, 11) is 1.63. The molecule has 1 saturated heterocycles. The molecule has 8 nitrogen and oxygen atoms in total. The lowest BCUT2D eigenvalue weighted by molar-refractivity contribution is 0.144. The van der Waals surface area contributed by atoms with E-state index in [2.05, 4.69) is 26.7 Å². The number of nitrogens with one attached hydrogen (secondary N) is 1. The Hall–Kier alpha value is -3.13. The molecule has 1 aromatic carbocycles. The molecule has 0 aliphatic carbocycles. The maximum Gasteiger partial charge on any atom is 0.321 e. The quantitative estimate of drug-likeness (QED) is 0.679.